The molecule has 1 aromatic carbocycles. The molecule has 0 saturated heterocycles. The maximum Gasteiger partial charge on any atom is 0.358 e. The largest absolute Gasteiger partial charge is 0.464 e. The molecule has 0 N–H and O–H groups in total. The number of hydrogen-bond donors (Lipinski definition) is 0. The summed E-state index contributed by atoms with van der Waals surface area (Å²) in [6, 6.07) is 11.2. The van der Waals surface area contributed by atoms with Crippen LogP contribution in [0.5, 0.6) is 0 Å². The number of hydrogen-bond acceptors (Lipinski definition) is 4. The smallest absolute Gasteiger partial charge is 0.358 e. The minimum Gasteiger partial charge on any atom is -0.464 e. The van der Waals surface area contributed by atoms with Gasteiger partial charge < -0.3 is 9.72 Å². The topological polar surface area (TPSA) is 57.0 Å². The van der Waals surface area contributed by atoms with E-state index in [-0.39, 0.29) is 25.7 Å². The summed E-state index contributed by atoms with van der Waals surface area (Å²) in [5, 5.41) is 3.92. The molecule has 8 heteroatoms. The summed E-state index contributed by atoms with van der Waals surface area (Å²) in [4.78, 5) is 14.8. The van der Waals surface area contributed by atoms with Crippen molar-refractivity contribution in [1.29, 1.82) is 0 Å². The van der Waals surface area contributed by atoms with Gasteiger partial charge in [-0.1, -0.05) is 23.8 Å². The maximum absolute atomic E-state index is 13.2. The Bertz CT molecular complexity index is 851. The van der Waals surface area contributed by atoms with Gasteiger partial charge in [0.05, 0.1) is 7.11 Å². The van der Waals surface area contributed by atoms with E-state index in [1.165, 1.54) is 7.11 Å². The molecule has 0 aliphatic rings. The number of ether oxygens (including phenoxy) is 1. The summed E-state index contributed by atoms with van der Waals surface area (Å²) in [6.45, 7) is 1.87. The third-order valence-corrected chi connectivity index (χ3v) is 3.29. The van der Waals surface area contributed by atoms with Gasteiger partial charge in [0.1, 0.15) is 0 Å². The van der Waals surface area contributed by atoms with E-state index in [1.807, 2.05) is 6.92 Å². The van der Waals surface area contributed by atoms with E-state index in [4.69, 9.17) is 0 Å². The average molecular weight is 537 g/mol. The zero-order valence-corrected chi connectivity index (χ0v) is 16.7. The van der Waals surface area contributed by atoms with Gasteiger partial charge in [0.25, 0.3) is 0 Å². The van der Waals surface area contributed by atoms with Gasteiger partial charge >= 0.3 is 5.97 Å². The van der Waals surface area contributed by atoms with Gasteiger partial charge in [-0.2, -0.15) is 5.10 Å². The Morgan fingerprint density at radius 1 is 1.27 bits per heavy atom. The number of aryl methyl sites for hydroxylation is 2. The first-order valence-corrected chi connectivity index (χ1v) is 7.29. The molecule has 0 saturated carbocycles. The zero-order chi connectivity index (χ0) is 18.4. The second kappa shape index (κ2) is 9.89. The SMILES string of the molecule is COC(=O)c1cc(C)n(C)n1.Fc1c[c-]c(-c2ccccn2)c(F)c1.[Ir]. The van der Waals surface area contributed by atoms with E-state index in [1.54, 1.807) is 42.2 Å². The van der Waals surface area contributed by atoms with Crippen molar-refractivity contribution >= 4 is 5.97 Å². The van der Waals surface area contributed by atoms with E-state index in [2.05, 4.69) is 20.9 Å². The van der Waals surface area contributed by atoms with E-state index >= 15 is 0 Å². The van der Waals surface area contributed by atoms with Crippen molar-refractivity contribution in [3.8, 4) is 11.3 Å². The van der Waals surface area contributed by atoms with Gasteiger partial charge in [-0.15, -0.1) is 12.1 Å². The molecule has 0 aliphatic heterocycles. The molecule has 2 aromatic heterocycles. The molecule has 0 bridgehead atoms. The van der Waals surface area contributed by atoms with Crippen molar-refractivity contribution in [2.45, 2.75) is 6.92 Å². The summed E-state index contributed by atoms with van der Waals surface area (Å²) in [5.74, 6) is -1.68. The summed E-state index contributed by atoms with van der Waals surface area (Å²) >= 11 is 0. The normalized spacial score (nSPS) is 9.58. The second-order valence-corrected chi connectivity index (χ2v) is 5.04. The third-order valence-electron chi connectivity index (χ3n) is 3.29. The first kappa shape index (κ1) is 21.6. The van der Waals surface area contributed by atoms with Crippen LogP contribution in [0.25, 0.3) is 11.3 Å². The van der Waals surface area contributed by atoms with Crippen molar-refractivity contribution in [2.24, 2.45) is 7.05 Å². The number of nitrogens with zero attached hydrogens (tertiary/aromatic N) is 3. The number of aromatic nitrogens is 3. The van der Waals surface area contributed by atoms with Gasteiger partial charge in [-0.3, -0.25) is 13.5 Å². The van der Waals surface area contributed by atoms with Crippen LogP contribution in [-0.2, 0) is 31.9 Å². The van der Waals surface area contributed by atoms with E-state index in [9.17, 15) is 13.6 Å². The van der Waals surface area contributed by atoms with E-state index in [0.717, 1.165) is 17.8 Å². The van der Waals surface area contributed by atoms with Crippen LogP contribution in [0, 0.1) is 24.6 Å². The molecule has 3 rings (SSSR count). The number of esters is 1. The molecule has 26 heavy (non-hydrogen) atoms. The molecule has 2 heterocycles. The molecule has 139 valence electrons. The number of carbonyl (C=O) groups is 1. The van der Waals surface area contributed by atoms with Crippen molar-refractivity contribution < 1.29 is 38.4 Å². The zero-order valence-electron chi connectivity index (χ0n) is 14.3. The number of methoxy groups -OCH3 is 1. The third kappa shape index (κ3) is 5.54. The Hall–Kier alpha value is -2.44. The van der Waals surface area contributed by atoms with E-state index in [0.29, 0.717) is 11.4 Å². The van der Waals surface area contributed by atoms with Crippen molar-refractivity contribution in [3.63, 3.8) is 0 Å². The minimum absolute atomic E-state index is 0. The number of halogens is 2. The monoisotopic (exact) mass is 537 g/mol. The van der Waals surface area contributed by atoms with Crippen molar-refractivity contribution in [2.75, 3.05) is 7.11 Å². The molecule has 0 spiro atoms. The molecule has 1 radical (unpaired) electrons. The van der Waals surface area contributed by atoms with Gasteiger partial charge in [-0.05, 0) is 24.8 Å². The fraction of sp³-hybridized carbons (Fsp3) is 0.167. The fourth-order valence-electron chi connectivity index (χ4n) is 1.92. The van der Waals surface area contributed by atoms with Gasteiger partial charge in [0, 0.05) is 50.7 Å². The van der Waals surface area contributed by atoms with Crippen LogP contribution in [0.1, 0.15) is 16.2 Å². The predicted molar refractivity (Wildman–Crippen MR) is 87.7 cm³/mol. The Kier molecular flexibility index (Phi) is 8.22. The van der Waals surface area contributed by atoms with Crippen LogP contribution in [0.15, 0.2) is 42.6 Å². The fourth-order valence-corrected chi connectivity index (χ4v) is 1.92. The van der Waals surface area contributed by atoms with Crippen LogP contribution < -0.4 is 0 Å². The molecule has 0 unspecified atom stereocenters. The number of carbonyl (C=O) groups excluding carboxylic acids is 1. The van der Waals surface area contributed by atoms with Crippen LogP contribution in [0.4, 0.5) is 8.78 Å². The summed E-state index contributed by atoms with van der Waals surface area (Å²) in [7, 11) is 3.12. The summed E-state index contributed by atoms with van der Waals surface area (Å²) in [6.07, 6.45) is 1.55. The molecule has 0 fully saturated rings. The number of rotatable bonds is 2. The minimum atomic E-state index is -0.649. The van der Waals surface area contributed by atoms with Gasteiger partial charge in [-0.25, -0.2) is 4.79 Å². The second-order valence-electron chi connectivity index (χ2n) is 5.04. The van der Waals surface area contributed by atoms with Crippen molar-refractivity contribution in [3.05, 3.63) is 71.7 Å². The molecular weight excluding hydrogens is 520 g/mol. The van der Waals surface area contributed by atoms with Crippen LogP contribution in [0.3, 0.4) is 0 Å². The molecule has 0 amide bonds. The Labute approximate surface area is 163 Å². The van der Waals surface area contributed by atoms with Crippen molar-refractivity contribution in [1.82, 2.24) is 14.8 Å². The predicted octanol–water partition coefficient (Wildman–Crippen LogP) is 3.34. The molecule has 3 aromatic rings. The maximum atomic E-state index is 13.2. The first-order valence-electron chi connectivity index (χ1n) is 7.29. The average Bonchev–Trinajstić information content (AvgIpc) is 2.94. The molecule has 0 aliphatic carbocycles. The van der Waals surface area contributed by atoms with Crippen LogP contribution >= 0.6 is 0 Å². The quantitative estimate of drug-likeness (QED) is 0.373. The summed E-state index contributed by atoms with van der Waals surface area (Å²) in [5.41, 5.74) is 1.93. The van der Waals surface area contributed by atoms with E-state index < -0.39 is 17.6 Å². The Balaban J connectivity index is 0.000000258. The van der Waals surface area contributed by atoms with Gasteiger partial charge in [0.2, 0.25) is 0 Å². The Morgan fingerprint density at radius 2 is 2.00 bits per heavy atom. The molecule has 0 atom stereocenters. The Morgan fingerprint density at radius 3 is 2.50 bits per heavy atom. The van der Waals surface area contributed by atoms with Crippen LogP contribution in [-0.4, -0.2) is 27.8 Å². The van der Waals surface area contributed by atoms with Gasteiger partial charge in [0.15, 0.2) is 5.69 Å². The number of pyridine rings is 1. The standard InChI is InChI=1S/C11H6F2N.C7H10N2O2.Ir/c12-8-4-5-9(10(13)7-8)11-3-1-2-6-14-11;1-5-4-6(7(10)11-3)8-9(5)2;/h1-4,6-7H;4H,1-3H3;/q-1;;. The number of benzene rings is 1. The molecule has 5 nitrogen and oxygen atoms in total. The first-order chi connectivity index (χ1) is 11.9. The molecular formula is C18H16F2IrN3O2-. The van der Waals surface area contributed by atoms with Crippen LogP contribution in [0.2, 0.25) is 0 Å². The summed E-state index contributed by atoms with van der Waals surface area (Å²) < 4.78 is 31.9.